The first-order chi connectivity index (χ1) is 14.2. The molecule has 2 N–H and O–H groups in total. The molecule has 3 rings (SSSR count). The minimum Gasteiger partial charge on any atom is -0.363 e. The Labute approximate surface area is 178 Å². The molecule has 7 heteroatoms. The van der Waals surface area contributed by atoms with Gasteiger partial charge >= 0.3 is 0 Å². The van der Waals surface area contributed by atoms with Gasteiger partial charge in [-0.25, -0.2) is 13.1 Å². The first-order valence-electron chi connectivity index (χ1n) is 9.82. The Balaban J connectivity index is 1.70. The number of carbonyl (C=O) groups is 1. The highest BCUT2D eigenvalue weighted by molar-refractivity contribution is 7.89. The first-order valence-corrected chi connectivity index (χ1v) is 11.3. The summed E-state index contributed by atoms with van der Waals surface area (Å²) in [5.41, 5.74) is 1.49. The highest BCUT2D eigenvalue weighted by Gasteiger charge is 2.20. The maximum atomic E-state index is 12.7. The molecule has 0 saturated carbocycles. The van der Waals surface area contributed by atoms with Gasteiger partial charge in [-0.05, 0) is 67.9 Å². The summed E-state index contributed by atoms with van der Waals surface area (Å²) in [6.45, 7) is 5.36. The van der Waals surface area contributed by atoms with E-state index >= 15 is 0 Å². The standard InChI is InChI=1S/C23H27N3O3S/c1-16(2)25-30(28,29)22-13-10-20(11-14-22)24-23(27)17(3)26(4)21-12-9-18-7-5-6-8-19(18)15-21/h5-17,25H,1-4H3,(H,24,27)/t17-/m1/s1. The third-order valence-electron chi connectivity index (χ3n) is 4.92. The van der Waals surface area contributed by atoms with Gasteiger partial charge in [-0.1, -0.05) is 30.3 Å². The number of hydrogen-bond donors (Lipinski definition) is 2. The average molecular weight is 426 g/mol. The number of amides is 1. The zero-order chi connectivity index (χ0) is 21.9. The lowest BCUT2D eigenvalue weighted by Gasteiger charge is -2.26. The van der Waals surface area contributed by atoms with Gasteiger partial charge in [-0.15, -0.1) is 0 Å². The van der Waals surface area contributed by atoms with Gasteiger partial charge < -0.3 is 10.2 Å². The van der Waals surface area contributed by atoms with Crippen LogP contribution >= 0.6 is 0 Å². The quantitative estimate of drug-likeness (QED) is 0.600. The maximum Gasteiger partial charge on any atom is 0.246 e. The van der Waals surface area contributed by atoms with Crippen LogP contribution < -0.4 is 14.9 Å². The molecule has 0 unspecified atom stereocenters. The molecule has 1 atom stereocenters. The largest absolute Gasteiger partial charge is 0.363 e. The molecule has 6 nitrogen and oxygen atoms in total. The van der Waals surface area contributed by atoms with Crippen molar-refractivity contribution in [2.75, 3.05) is 17.3 Å². The lowest BCUT2D eigenvalue weighted by molar-refractivity contribution is -0.117. The fourth-order valence-corrected chi connectivity index (χ4v) is 4.39. The number of hydrogen-bond acceptors (Lipinski definition) is 4. The number of fused-ring (bicyclic) bond motifs is 1. The molecule has 0 bridgehead atoms. The van der Waals surface area contributed by atoms with Crippen LogP contribution in [-0.2, 0) is 14.8 Å². The van der Waals surface area contributed by atoms with E-state index in [0.717, 1.165) is 16.5 Å². The molecule has 158 valence electrons. The lowest BCUT2D eigenvalue weighted by Crippen LogP contribution is -2.39. The molecule has 0 saturated heterocycles. The number of anilines is 2. The van der Waals surface area contributed by atoms with Crippen LogP contribution in [0, 0.1) is 0 Å². The highest BCUT2D eigenvalue weighted by atomic mass is 32.2. The summed E-state index contributed by atoms with van der Waals surface area (Å²) in [7, 11) is -1.68. The van der Waals surface area contributed by atoms with Crippen molar-refractivity contribution in [3.63, 3.8) is 0 Å². The summed E-state index contributed by atoms with van der Waals surface area (Å²) in [5.74, 6) is -0.179. The van der Waals surface area contributed by atoms with Crippen molar-refractivity contribution in [1.29, 1.82) is 0 Å². The summed E-state index contributed by atoms with van der Waals surface area (Å²) in [6.07, 6.45) is 0. The summed E-state index contributed by atoms with van der Waals surface area (Å²) in [4.78, 5) is 14.8. The van der Waals surface area contributed by atoms with Crippen LogP contribution in [0.2, 0.25) is 0 Å². The maximum absolute atomic E-state index is 12.7. The van der Waals surface area contributed by atoms with E-state index in [4.69, 9.17) is 0 Å². The van der Waals surface area contributed by atoms with E-state index in [0.29, 0.717) is 5.69 Å². The van der Waals surface area contributed by atoms with E-state index in [-0.39, 0.29) is 16.8 Å². The summed E-state index contributed by atoms with van der Waals surface area (Å²) < 4.78 is 27.0. The second-order valence-electron chi connectivity index (χ2n) is 7.61. The van der Waals surface area contributed by atoms with Gasteiger partial charge in [0, 0.05) is 24.5 Å². The molecule has 0 aliphatic rings. The van der Waals surface area contributed by atoms with Crippen LogP contribution in [0.4, 0.5) is 11.4 Å². The Morgan fingerprint density at radius 1 is 0.900 bits per heavy atom. The van der Waals surface area contributed by atoms with Crippen molar-refractivity contribution < 1.29 is 13.2 Å². The van der Waals surface area contributed by atoms with Crippen molar-refractivity contribution in [1.82, 2.24) is 4.72 Å². The van der Waals surface area contributed by atoms with Crippen LogP contribution in [0.5, 0.6) is 0 Å². The Bertz CT molecular complexity index is 1140. The summed E-state index contributed by atoms with van der Waals surface area (Å²) in [5, 5.41) is 5.11. The zero-order valence-electron chi connectivity index (χ0n) is 17.6. The Morgan fingerprint density at radius 2 is 1.53 bits per heavy atom. The molecule has 30 heavy (non-hydrogen) atoms. The second-order valence-corrected chi connectivity index (χ2v) is 9.32. The number of rotatable bonds is 7. The minimum atomic E-state index is -3.56. The van der Waals surface area contributed by atoms with E-state index in [9.17, 15) is 13.2 Å². The van der Waals surface area contributed by atoms with Crippen molar-refractivity contribution in [3.05, 3.63) is 66.7 Å². The predicted molar refractivity (Wildman–Crippen MR) is 122 cm³/mol. The van der Waals surface area contributed by atoms with Crippen LogP contribution in [0.25, 0.3) is 10.8 Å². The van der Waals surface area contributed by atoms with Crippen LogP contribution in [-0.4, -0.2) is 33.5 Å². The number of carbonyl (C=O) groups excluding carboxylic acids is 1. The van der Waals surface area contributed by atoms with Crippen LogP contribution in [0.15, 0.2) is 71.6 Å². The smallest absolute Gasteiger partial charge is 0.246 e. The van der Waals surface area contributed by atoms with E-state index < -0.39 is 16.1 Å². The number of benzene rings is 3. The second kappa shape index (κ2) is 8.85. The molecular formula is C23H27N3O3S. The summed E-state index contributed by atoms with van der Waals surface area (Å²) >= 11 is 0. The molecule has 0 heterocycles. The third kappa shape index (κ3) is 4.98. The van der Waals surface area contributed by atoms with Crippen LogP contribution in [0.3, 0.4) is 0 Å². The van der Waals surface area contributed by atoms with Crippen LogP contribution in [0.1, 0.15) is 20.8 Å². The predicted octanol–water partition coefficient (Wildman–Crippen LogP) is 3.99. The SMILES string of the molecule is CC(C)NS(=O)(=O)c1ccc(NC(=O)[C@@H](C)N(C)c2ccc3ccccc3c2)cc1. The molecule has 0 fully saturated rings. The van der Waals surface area contributed by atoms with Gasteiger partial charge in [-0.3, -0.25) is 4.79 Å². The van der Waals surface area contributed by atoms with Gasteiger partial charge in [0.25, 0.3) is 0 Å². The molecule has 0 aromatic heterocycles. The molecular weight excluding hydrogens is 398 g/mol. The first kappa shape index (κ1) is 21.8. The fourth-order valence-electron chi connectivity index (χ4n) is 3.14. The molecule has 0 spiro atoms. The summed E-state index contributed by atoms with van der Waals surface area (Å²) in [6, 6.07) is 19.7. The molecule has 0 radical (unpaired) electrons. The third-order valence-corrected chi connectivity index (χ3v) is 6.60. The Morgan fingerprint density at radius 3 is 2.17 bits per heavy atom. The van der Waals surface area contributed by atoms with Gasteiger partial charge in [-0.2, -0.15) is 0 Å². The number of sulfonamides is 1. The van der Waals surface area contributed by atoms with Gasteiger partial charge in [0.1, 0.15) is 6.04 Å². The molecule has 1 amide bonds. The zero-order valence-corrected chi connectivity index (χ0v) is 18.4. The van der Waals surface area contributed by atoms with E-state index in [1.165, 1.54) is 12.1 Å². The normalized spacial score (nSPS) is 12.7. The molecule has 3 aromatic carbocycles. The highest BCUT2D eigenvalue weighted by Crippen LogP contribution is 2.23. The van der Waals surface area contributed by atoms with E-state index in [1.54, 1.807) is 26.0 Å². The van der Waals surface area contributed by atoms with E-state index in [2.05, 4.69) is 22.2 Å². The van der Waals surface area contributed by atoms with E-state index in [1.807, 2.05) is 49.2 Å². The number of likely N-dealkylation sites (N-methyl/N-ethyl adjacent to an activating group) is 1. The molecule has 0 aliphatic heterocycles. The topological polar surface area (TPSA) is 78.5 Å². The van der Waals surface area contributed by atoms with Crippen molar-refractivity contribution in [2.24, 2.45) is 0 Å². The average Bonchev–Trinajstić information content (AvgIpc) is 2.71. The Hall–Kier alpha value is -2.90. The molecule has 0 aliphatic carbocycles. The number of nitrogens with one attached hydrogen (secondary N) is 2. The lowest BCUT2D eigenvalue weighted by atomic mass is 10.1. The Kier molecular flexibility index (Phi) is 6.43. The van der Waals surface area contributed by atoms with Crippen molar-refractivity contribution >= 4 is 38.1 Å². The fraction of sp³-hybridized carbons (Fsp3) is 0.261. The monoisotopic (exact) mass is 425 g/mol. The van der Waals surface area contributed by atoms with Gasteiger partial charge in [0.15, 0.2) is 0 Å². The van der Waals surface area contributed by atoms with Gasteiger partial charge in [0.2, 0.25) is 15.9 Å². The number of nitrogens with zero attached hydrogens (tertiary/aromatic N) is 1. The molecule has 3 aromatic rings. The van der Waals surface area contributed by atoms with Gasteiger partial charge in [0.05, 0.1) is 4.90 Å². The minimum absolute atomic E-state index is 0.163. The van der Waals surface area contributed by atoms with Crippen molar-refractivity contribution in [3.8, 4) is 0 Å². The van der Waals surface area contributed by atoms with Crippen molar-refractivity contribution in [2.45, 2.75) is 37.8 Å².